The van der Waals surface area contributed by atoms with Crippen molar-refractivity contribution in [2.24, 2.45) is 0 Å². The Hall–Kier alpha value is -0.810. The van der Waals surface area contributed by atoms with Crippen LogP contribution in [0.2, 0.25) is 0 Å². The van der Waals surface area contributed by atoms with E-state index in [4.69, 9.17) is 15.8 Å². The second-order valence-corrected chi connectivity index (χ2v) is 4.99. The van der Waals surface area contributed by atoms with Crippen LogP contribution in [0.15, 0.2) is 17.0 Å². The molecule has 0 spiro atoms. The van der Waals surface area contributed by atoms with Gasteiger partial charge >= 0.3 is 0 Å². The topological polar surface area (TPSA) is 54.4 Å². The highest BCUT2D eigenvalue weighted by Gasteiger charge is 2.22. The number of phenols is 1. The smallest absolute Gasteiger partial charge is 0.267 e. The van der Waals surface area contributed by atoms with Crippen molar-refractivity contribution in [3.05, 3.63) is 23.5 Å². The molecule has 0 atom stereocenters. The summed E-state index contributed by atoms with van der Waals surface area (Å²) in [5.74, 6) is -1.70. The van der Waals surface area contributed by atoms with Crippen LogP contribution in [-0.2, 0) is 9.05 Å². The second-order valence-electron chi connectivity index (χ2n) is 2.48. The maximum Gasteiger partial charge on any atom is 0.267 e. The van der Waals surface area contributed by atoms with Gasteiger partial charge in [-0.15, -0.1) is 0 Å². The molecule has 1 aromatic carbocycles. The molecular weight excluding hydrogens is 219 g/mol. The molecule has 72 valence electrons. The summed E-state index contributed by atoms with van der Waals surface area (Å²) in [5.41, 5.74) is 0.108. The monoisotopic (exact) mass is 224 g/mol. The van der Waals surface area contributed by atoms with Gasteiger partial charge in [-0.2, -0.15) is 0 Å². The molecule has 0 aliphatic rings. The molecule has 0 radical (unpaired) electrons. The van der Waals surface area contributed by atoms with Crippen LogP contribution in [-0.4, -0.2) is 13.5 Å². The van der Waals surface area contributed by atoms with E-state index in [0.717, 1.165) is 6.07 Å². The van der Waals surface area contributed by atoms with Crippen molar-refractivity contribution in [3.8, 4) is 5.75 Å². The van der Waals surface area contributed by atoms with Gasteiger partial charge in [0.05, 0.1) is 0 Å². The first-order valence-electron chi connectivity index (χ1n) is 3.27. The summed E-state index contributed by atoms with van der Waals surface area (Å²) < 4.78 is 34.7. The minimum Gasteiger partial charge on any atom is -0.506 e. The fraction of sp³-hybridized carbons (Fsp3) is 0.143. The van der Waals surface area contributed by atoms with E-state index in [2.05, 4.69) is 0 Å². The third-order valence-electron chi connectivity index (χ3n) is 1.51. The van der Waals surface area contributed by atoms with Crippen molar-refractivity contribution in [2.45, 2.75) is 11.8 Å². The minimum atomic E-state index is -4.24. The Bertz CT molecular complexity index is 441. The van der Waals surface area contributed by atoms with E-state index in [1.54, 1.807) is 0 Å². The molecule has 3 nitrogen and oxygen atoms in total. The molecule has 6 heteroatoms. The molecule has 0 aromatic heterocycles. The highest BCUT2D eigenvalue weighted by atomic mass is 35.7. The van der Waals surface area contributed by atoms with E-state index >= 15 is 0 Å². The van der Waals surface area contributed by atoms with E-state index in [1.807, 2.05) is 0 Å². The van der Waals surface area contributed by atoms with Gasteiger partial charge in [0.15, 0.2) is 4.90 Å². The Kier molecular flexibility index (Phi) is 2.49. The van der Waals surface area contributed by atoms with E-state index in [1.165, 1.54) is 13.0 Å². The van der Waals surface area contributed by atoms with Crippen molar-refractivity contribution in [1.29, 1.82) is 0 Å². The zero-order valence-electron chi connectivity index (χ0n) is 6.58. The predicted molar refractivity (Wildman–Crippen MR) is 45.8 cm³/mol. The van der Waals surface area contributed by atoms with Crippen molar-refractivity contribution < 1.29 is 17.9 Å². The lowest BCUT2D eigenvalue weighted by Gasteiger charge is -2.03. The molecule has 0 saturated carbocycles. The van der Waals surface area contributed by atoms with Gasteiger partial charge in [0.2, 0.25) is 0 Å². The molecule has 1 aromatic rings. The number of hydrogen-bond donors (Lipinski definition) is 1. The Morgan fingerprint density at radius 2 is 2.00 bits per heavy atom. The third kappa shape index (κ3) is 1.92. The summed E-state index contributed by atoms with van der Waals surface area (Å²) in [5, 5.41) is 9.05. The number of halogens is 2. The van der Waals surface area contributed by atoms with E-state index in [9.17, 15) is 12.8 Å². The summed E-state index contributed by atoms with van der Waals surface area (Å²) in [6.45, 7) is 1.38. The van der Waals surface area contributed by atoms with Gasteiger partial charge in [0.1, 0.15) is 11.6 Å². The SMILES string of the molecule is Cc1ccc(O)c(S(=O)(=O)Cl)c1F. The average molecular weight is 225 g/mol. The number of rotatable bonds is 1. The molecule has 0 heterocycles. The van der Waals surface area contributed by atoms with Crippen LogP contribution in [0, 0.1) is 12.7 Å². The molecule has 0 fully saturated rings. The van der Waals surface area contributed by atoms with Gasteiger partial charge in [-0.05, 0) is 18.6 Å². The first-order chi connectivity index (χ1) is 5.84. The first kappa shape index (κ1) is 10.3. The van der Waals surface area contributed by atoms with Gasteiger partial charge in [0.25, 0.3) is 9.05 Å². The zero-order valence-corrected chi connectivity index (χ0v) is 8.16. The van der Waals surface area contributed by atoms with Crippen molar-refractivity contribution in [1.82, 2.24) is 0 Å². The van der Waals surface area contributed by atoms with Crippen LogP contribution in [0.3, 0.4) is 0 Å². The largest absolute Gasteiger partial charge is 0.506 e. The van der Waals surface area contributed by atoms with Gasteiger partial charge < -0.3 is 5.11 Å². The summed E-state index contributed by atoms with van der Waals surface area (Å²) in [7, 11) is 0.674. The molecule has 1 rings (SSSR count). The number of aryl methyl sites for hydroxylation is 1. The first-order valence-corrected chi connectivity index (χ1v) is 5.57. The third-order valence-corrected chi connectivity index (χ3v) is 2.85. The quantitative estimate of drug-likeness (QED) is 0.740. The maximum absolute atomic E-state index is 13.1. The van der Waals surface area contributed by atoms with Crippen LogP contribution in [0.4, 0.5) is 4.39 Å². The lowest BCUT2D eigenvalue weighted by molar-refractivity contribution is 0.444. The van der Waals surface area contributed by atoms with Gasteiger partial charge in [0, 0.05) is 10.7 Å². The highest BCUT2D eigenvalue weighted by Crippen LogP contribution is 2.30. The number of benzene rings is 1. The number of hydrogen-bond acceptors (Lipinski definition) is 3. The summed E-state index contributed by atoms with van der Waals surface area (Å²) in [4.78, 5) is -0.867. The normalized spacial score (nSPS) is 11.6. The molecule has 1 N–H and O–H groups in total. The average Bonchev–Trinajstić information content (AvgIpc) is 1.95. The lowest BCUT2D eigenvalue weighted by atomic mass is 10.2. The molecular formula is C7H6ClFO3S. The second kappa shape index (κ2) is 3.16. The Morgan fingerprint density at radius 3 is 2.38 bits per heavy atom. The Labute approximate surface area is 79.2 Å². The van der Waals surface area contributed by atoms with Crippen molar-refractivity contribution >= 4 is 19.7 Å². The molecule has 0 aliphatic carbocycles. The van der Waals surface area contributed by atoms with Crippen LogP contribution in [0.1, 0.15) is 5.56 Å². The van der Waals surface area contributed by atoms with Crippen LogP contribution in [0.25, 0.3) is 0 Å². The molecule has 0 unspecified atom stereocenters. The minimum absolute atomic E-state index is 0.108. The molecule has 0 saturated heterocycles. The highest BCUT2D eigenvalue weighted by molar-refractivity contribution is 8.13. The van der Waals surface area contributed by atoms with E-state index in [-0.39, 0.29) is 5.56 Å². The van der Waals surface area contributed by atoms with Crippen LogP contribution in [0.5, 0.6) is 5.75 Å². The predicted octanol–water partition coefficient (Wildman–Crippen LogP) is 1.77. The summed E-state index contributed by atoms with van der Waals surface area (Å²) >= 11 is 0. The van der Waals surface area contributed by atoms with Crippen LogP contribution >= 0.6 is 10.7 Å². The fourth-order valence-corrected chi connectivity index (χ4v) is 2.01. The maximum atomic E-state index is 13.1. The molecule has 0 bridgehead atoms. The van der Waals surface area contributed by atoms with Gasteiger partial charge in [-0.3, -0.25) is 0 Å². The Balaban J connectivity index is 3.62. The van der Waals surface area contributed by atoms with E-state index in [0.29, 0.717) is 0 Å². The Morgan fingerprint density at radius 1 is 1.46 bits per heavy atom. The molecule has 13 heavy (non-hydrogen) atoms. The van der Waals surface area contributed by atoms with Crippen molar-refractivity contribution in [3.63, 3.8) is 0 Å². The fourth-order valence-electron chi connectivity index (χ4n) is 0.876. The molecule has 0 amide bonds. The molecule has 0 aliphatic heterocycles. The summed E-state index contributed by atoms with van der Waals surface area (Å²) in [6.07, 6.45) is 0. The number of phenolic OH excluding ortho intramolecular Hbond substituents is 1. The summed E-state index contributed by atoms with van der Waals surface area (Å²) in [6, 6.07) is 2.34. The zero-order chi connectivity index (χ0) is 10.2. The van der Waals surface area contributed by atoms with Crippen molar-refractivity contribution in [2.75, 3.05) is 0 Å². The number of aromatic hydroxyl groups is 1. The van der Waals surface area contributed by atoms with Gasteiger partial charge in [-0.1, -0.05) is 6.07 Å². The van der Waals surface area contributed by atoms with Crippen LogP contribution < -0.4 is 0 Å². The lowest BCUT2D eigenvalue weighted by Crippen LogP contribution is -1.98. The van der Waals surface area contributed by atoms with E-state index < -0.39 is 25.5 Å². The van der Waals surface area contributed by atoms with Gasteiger partial charge in [-0.25, -0.2) is 12.8 Å². The standard InChI is InChI=1S/C7H6ClFO3S/c1-4-2-3-5(10)7(6(4)9)13(8,11)12/h2-3,10H,1H3.